The van der Waals surface area contributed by atoms with Gasteiger partial charge in [-0.05, 0) is 18.8 Å². The van der Waals surface area contributed by atoms with Gasteiger partial charge in [-0.2, -0.15) is 0 Å². The lowest BCUT2D eigenvalue weighted by molar-refractivity contribution is -0.162. The van der Waals surface area contributed by atoms with Crippen molar-refractivity contribution in [2.75, 3.05) is 14.2 Å². The van der Waals surface area contributed by atoms with Crippen LogP contribution in [0.2, 0.25) is 0 Å². The minimum atomic E-state index is -1.34. The van der Waals surface area contributed by atoms with Gasteiger partial charge in [-0.25, -0.2) is 0 Å². The third-order valence-electron chi connectivity index (χ3n) is 4.53. The van der Waals surface area contributed by atoms with Crippen molar-refractivity contribution in [2.45, 2.75) is 45.1 Å². The van der Waals surface area contributed by atoms with Crippen LogP contribution >= 0.6 is 0 Å². The standard InChI is InChI=1S/C16H26N2O6/c1-9(12(15(21)23-2)16(22)24-3)13(14(17)20)18-11(19)8-10-6-4-5-7-10/h9-10,12-13H,4-8H2,1-3H3,(H2,17,20)(H,18,19)/t9-,13-/m1/s1. The third-order valence-corrected chi connectivity index (χ3v) is 4.53. The van der Waals surface area contributed by atoms with Crippen molar-refractivity contribution in [1.82, 2.24) is 5.32 Å². The Morgan fingerprint density at radius 3 is 2.00 bits per heavy atom. The van der Waals surface area contributed by atoms with E-state index in [0.29, 0.717) is 12.3 Å². The second-order valence-electron chi connectivity index (χ2n) is 6.19. The molecule has 0 aromatic carbocycles. The summed E-state index contributed by atoms with van der Waals surface area (Å²) in [4.78, 5) is 47.6. The number of carbonyl (C=O) groups is 4. The molecule has 0 heterocycles. The molecule has 0 bridgehead atoms. The van der Waals surface area contributed by atoms with Gasteiger partial charge < -0.3 is 20.5 Å². The lowest BCUT2D eigenvalue weighted by atomic mass is 9.86. The number of ether oxygens (including phenoxy) is 2. The summed E-state index contributed by atoms with van der Waals surface area (Å²) in [5.74, 6) is -4.76. The van der Waals surface area contributed by atoms with Crippen LogP contribution in [0.15, 0.2) is 0 Å². The van der Waals surface area contributed by atoms with E-state index >= 15 is 0 Å². The highest BCUT2D eigenvalue weighted by atomic mass is 16.5. The molecular formula is C16H26N2O6. The molecule has 1 aliphatic rings. The monoisotopic (exact) mass is 342 g/mol. The van der Waals surface area contributed by atoms with Gasteiger partial charge in [-0.1, -0.05) is 19.8 Å². The summed E-state index contributed by atoms with van der Waals surface area (Å²) in [5.41, 5.74) is 5.36. The second-order valence-corrected chi connectivity index (χ2v) is 6.19. The van der Waals surface area contributed by atoms with Gasteiger partial charge in [0.2, 0.25) is 11.8 Å². The summed E-state index contributed by atoms with van der Waals surface area (Å²) in [6.45, 7) is 1.48. The van der Waals surface area contributed by atoms with Crippen LogP contribution in [0, 0.1) is 17.8 Å². The Hall–Kier alpha value is -2.12. The van der Waals surface area contributed by atoms with E-state index in [2.05, 4.69) is 14.8 Å². The van der Waals surface area contributed by atoms with Crippen molar-refractivity contribution in [3.63, 3.8) is 0 Å². The molecule has 2 atom stereocenters. The number of nitrogens with one attached hydrogen (secondary N) is 1. The molecule has 136 valence electrons. The fourth-order valence-electron chi connectivity index (χ4n) is 3.14. The predicted molar refractivity (Wildman–Crippen MR) is 84.4 cm³/mol. The van der Waals surface area contributed by atoms with Crippen LogP contribution in [0.5, 0.6) is 0 Å². The van der Waals surface area contributed by atoms with Crippen LogP contribution in [0.4, 0.5) is 0 Å². The Morgan fingerprint density at radius 1 is 1.08 bits per heavy atom. The molecule has 0 radical (unpaired) electrons. The molecule has 3 N–H and O–H groups in total. The summed E-state index contributed by atoms with van der Waals surface area (Å²) in [6, 6.07) is -1.16. The fourth-order valence-corrected chi connectivity index (χ4v) is 3.14. The van der Waals surface area contributed by atoms with Crippen molar-refractivity contribution in [1.29, 1.82) is 0 Å². The average Bonchev–Trinajstić information content (AvgIpc) is 3.04. The first kappa shape index (κ1) is 19.9. The fraction of sp³-hybridized carbons (Fsp3) is 0.750. The molecule has 1 saturated carbocycles. The second kappa shape index (κ2) is 9.24. The maximum absolute atomic E-state index is 12.2. The SMILES string of the molecule is COC(=O)C(C(=O)OC)[C@@H](C)[C@@H](NC(=O)CC1CCCC1)C(N)=O. The zero-order chi connectivity index (χ0) is 18.3. The van der Waals surface area contributed by atoms with E-state index in [1.807, 2.05) is 0 Å². The molecule has 8 heteroatoms. The van der Waals surface area contributed by atoms with Gasteiger partial charge in [0, 0.05) is 12.3 Å². The Bertz CT molecular complexity index is 471. The lowest BCUT2D eigenvalue weighted by Gasteiger charge is -2.27. The van der Waals surface area contributed by atoms with E-state index in [1.165, 1.54) is 6.92 Å². The number of nitrogens with two attached hydrogens (primary N) is 1. The molecule has 8 nitrogen and oxygen atoms in total. The first-order chi connectivity index (χ1) is 11.3. The van der Waals surface area contributed by atoms with Crippen molar-refractivity contribution in [2.24, 2.45) is 23.5 Å². The molecule has 0 unspecified atom stereocenters. The summed E-state index contributed by atoms with van der Waals surface area (Å²) in [6.07, 6.45) is 4.46. The first-order valence-electron chi connectivity index (χ1n) is 8.06. The van der Waals surface area contributed by atoms with Gasteiger partial charge in [0.05, 0.1) is 14.2 Å². The minimum absolute atomic E-state index is 0.297. The van der Waals surface area contributed by atoms with Crippen molar-refractivity contribution in [3.8, 4) is 0 Å². The van der Waals surface area contributed by atoms with Crippen LogP contribution in [-0.4, -0.2) is 44.0 Å². The van der Waals surface area contributed by atoms with E-state index in [0.717, 1.165) is 39.9 Å². The van der Waals surface area contributed by atoms with E-state index in [-0.39, 0.29) is 5.91 Å². The highest BCUT2D eigenvalue weighted by molar-refractivity contribution is 5.97. The predicted octanol–water partition coefficient (Wildman–Crippen LogP) is 0.135. The lowest BCUT2D eigenvalue weighted by Crippen LogP contribution is -2.53. The Kier molecular flexibility index (Phi) is 7.67. The largest absolute Gasteiger partial charge is 0.468 e. The van der Waals surface area contributed by atoms with Gasteiger partial charge in [0.15, 0.2) is 5.92 Å². The van der Waals surface area contributed by atoms with E-state index in [4.69, 9.17) is 5.73 Å². The Morgan fingerprint density at radius 2 is 1.58 bits per heavy atom. The Labute approximate surface area is 141 Å². The highest BCUT2D eigenvalue weighted by Gasteiger charge is 2.41. The van der Waals surface area contributed by atoms with Crippen molar-refractivity contribution >= 4 is 23.8 Å². The number of amides is 2. The molecule has 0 aromatic rings. The molecule has 2 amide bonds. The number of rotatable bonds is 8. The zero-order valence-electron chi connectivity index (χ0n) is 14.4. The maximum Gasteiger partial charge on any atom is 0.320 e. The van der Waals surface area contributed by atoms with Gasteiger partial charge in [-0.15, -0.1) is 0 Å². The molecular weight excluding hydrogens is 316 g/mol. The number of esters is 2. The smallest absolute Gasteiger partial charge is 0.320 e. The number of hydrogen-bond donors (Lipinski definition) is 2. The molecule has 0 spiro atoms. The summed E-state index contributed by atoms with van der Waals surface area (Å²) >= 11 is 0. The van der Waals surface area contributed by atoms with E-state index in [9.17, 15) is 19.2 Å². The summed E-state index contributed by atoms with van der Waals surface area (Å²) in [5, 5.41) is 2.55. The van der Waals surface area contributed by atoms with Gasteiger partial charge >= 0.3 is 11.9 Å². The first-order valence-corrected chi connectivity index (χ1v) is 8.06. The van der Waals surface area contributed by atoms with E-state index in [1.54, 1.807) is 0 Å². The molecule has 1 fully saturated rings. The quantitative estimate of drug-likeness (QED) is 0.477. The number of primary amides is 1. The molecule has 1 aliphatic carbocycles. The number of carbonyl (C=O) groups excluding carboxylic acids is 4. The number of hydrogen-bond acceptors (Lipinski definition) is 6. The number of methoxy groups -OCH3 is 2. The topological polar surface area (TPSA) is 125 Å². The third kappa shape index (κ3) is 5.21. The van der Waals surface area contributed by atoms with Crippen molar-refractivity contribution < 1.29 is 28.7 Å². The van der Waals surface area contributed by atoms with Crippen molar-refractivity contribution in [3.05, 3.63) is 0 Å². The molecule has 0 saturated heterocycles. The van der Waals surface area contributed by atoms with Crippen LogP contribution in [0.3, 0.4) is 0 Å². The van der Waals surface area contributed by atoms with Gasteiger partial charge in [0.1, 0.15) is 6.04 Å². The summed E-state index contributed by atoms with van der Waals surface area (Å²) in [7, 11) is 2.26. The molecule has 0 aromatic heterocycles. The normalized spacial score (nSPS) is 17.2. The van der Waals surface area contributed by atoms with Crippen LogP contribution in [0.25, 0.3) is 0 Å². The Balaban J connectivity index is 2.83. The minimum Gasteiger partial charge on any atom is -0.468 e. The average molecular weight is 342 g/mol. The summed E-state index contributed by atoms with van der Waals surface area (Å²) < 4.78 is 9.19. The van der Waals surface area contributed by atoms with Crippen LogP contribution in [-0.2, 0) is 28.7 Å². The molecule has 24 heavy (non-hydrogen) atoms. The highest BCUT2D eigenvalue weighted by Crippen LogP contribution is 2.27. The zero-order valence-corrected chi connectivity index (χ0v) is 14.4. The van der Waals surface area contributed by atoms with Crippen LogP contribution < -0.4 is 11.1 Å². The molecule has 0 aliphatic heterocycles. The van der Waals surface area contributed by atoms with Gasteiger partial charge in [-0.3, -0.25) is 19.2 Å². The maximum atomic E-state index is 12.2. The molecule has 1 rings (SSSR count). The van der Waals surface area contributed by atoms with Crippen LogP contribution in [0.1, 0.15) is 39.0 Å². The van der Waals surface area contributed by atoms with Gasteiger partial charge in [0.25, 0.3) is 0 Å². The van der Waals surface area contributed by atoms with E-state index < -0.39 is 35.7 Å².